The Hall–Kier alpha value is -2.45. The first-order chi connectivity index (χ1) is 11.0. The molecule has 0 saturated heterocycles. The fourth-order valence-corrected chi connectivity index (χ4v) is 2.91. The van der Waals surface area contributed by atoms with Gasteiger partial charge in [0.1, 0.15) is 0 Å². The maximum absolute atomic E-state index is 12.5. The summed E-state index contributed by atoms with van der Waals surface area (Å²) in [4.78, 5) is 28.8. The van der Waals surface area contributed by atoms with Crippen molar-refractivity contribution in [2.24, 2.45) is 18.9 Å². The number of nitrogens with zero attached hydrogens (tertiary/aromatic N) is 3. The van der Waals surface area contributed by atoms with Crippen LogP contribution in [-0.2, 0) is 11.8 Å². The van der Waals surface area contributed by atoms with E-state index < -0.39 is 11.7 Å². The first-order valence-corrected chi connectivity index (χ1v) is 7.61. The molecule has 1 aliphatic rings. The van der Waals surface area contributed by atoms with E-state index in [0.717, 1.165) is 5.56 Å². The van der Waals surface area contributed by atoms with Gasteiger partial charge in [-0.25, -0.2) is 4.98 Å². The van der Waals surface area contributed by atoms with Crippen LogP contribution in [0.2, 0.25) is 5.02 Å². The standard InChI is InChI=1S/C17H14ClN3O2/c1-21-7-6-20-17(21)16(23)14(9-19)15(22)13-8-12(13)10-2-4-11(18)5-3-10/h2-7,12-14H,8H2,1H3/t12-,13+,14-/m1/s1. The Bertz CT molecular complexity index is 804. The Labute approximate surface area is 138 Å². The molecule has 1 saturated carbocycles. The van der Waals surface area contributed by atoms with Gasteiger partial charge in [0.2, 0.25) is 5.78 Å². The van der Waals surface area contributed by atoms with Crippen molar-refractivity contribution in [3.05, 3.63) is 53.1 Å². The summed E-state index contributed by atoms with van der Waals surface area (Å²) in [5.74, 6) is -2.24. The van der Waals surface area contributed by atoms with Gasteiger partial charge in [0.15, 0.2) is 17.5 Å². The van der Waals surface area contributed by atoms with Gasteiger partial charge in [-0.1, -0.05) is 23.7 Å². The van der Waals surface area contributed by atoms with Crippen molar-refractivity contribution in [2.45, 2.75) is 12.3 Å². The van der Waals surface area contributed by atoms with E-state index in [1.54, 1.807) is 25.4 Å². The Kier molecular flexibility index (Phi) is 4.01. The molecule has 0 unspecified atom stereocenters. The fraction of sp³-hybridized carbons (Fsp3) is 0.294. The number of carbonyl (C=O) groups is 2. The van der Waals surface area contributed by atoms with Gasteiger partial charge in [-0.2, -0.15) is 5.26 Å². The number of imidazole rings is 1. The minimum absolute atomic E-state index is 0.0600. The molecule has 0 bridgehead atoms. The Morgan fingerprint density at radius 2 is 2.09 bits per heavy atom. The van der Waals surface area contributed by atoms with Gasteiger partial charge in [-0.3, -0.25) is 9.59 Å². The highest BCUT2D eigenvalue weighted by molar-refractivity contribution is 6.30. The summed E-state index contributed by atoms with van der Waals surface area (Å²) in [6.45, 7) is 0. The quantitative estimate of drug-likeness (QED) is 0.625. The number of Topliss-reactive ketones (excluding diaryl/α,β-unsaturated/α-hetero) is 2. The summed E-state index contributed by atoms with van der Waals surface area (Å²) in [6, 6.07) is 9.15. The monoisotopic (exact) mass is 327 g/mol. The van der Waals surface area contributed by atoms with Crippen molar-refractivity contribution in [3.63, 3.8) is 0 Å². The number of nitriles is 1. The second-order valence-corrected chi connectivity index (χ2v) is 6.13. The van der Waals surface area contributed by atoms with E-state index in [4.69, 9.17) is 11.6 Å². The molecule has 3 atom stereocenters. The van der Waals surface area contributed by atoms with Crippen molar-refractivity contribution in [1.29, 1.82) is 5.26 Å². The summed E-state index contributed by atoms with van der Waals surface area (Å²) in [7, 11) is 1.66. The first-order valence-electron chi connectivity index (χ1n) is 7.23. The van der Waals surface area contributed by atoms with E-state index in [9.17, 15) is 14.9 Å². The van der Waals surface area contributed by atoms with Gasteiger partial charge in [0, 0.05) is 30.4 Å². The highest BCUT2D eigenvalue weighted by Crippen LogP contribution is 2.49. The SMILES string of the molecule is Cn1ccnc1C(=O)[C@H](C#N)C(=O)[C@H]1C[C@@H]1c1ccc(Cl)cc1. The van der Waals surface area contributed by atoms with Crippen LogP contribution in [0, 0.1) is 23.2 Å². The van der Waals surface area contributed by atoms with Crippen molar-refractivity contribution in [2.75, 3.05) is 0 Å². The lowest BCUT2D eigenvalue weighted by atomic mass is 9.94. The fourth-order valence-electron chi connectivity index (χ4n) is 2.79. The Morgan fingerprint density at radius 1 is 1.39 bits per heavy atom. The summed E-state index contributed by atoms with van der Waals surface area (Å²) in [5, 5.41) is 9.92. The van der Waals surface area contributed by atoms with E-state index >= 15 is 0 Å². The van der Waals surface area contributed by atoms with E-state index in [1.807, 2.05) is 18.2 Å². The van der Waals surface area contributed by atoms with Crippen LogP contribution < -0.4 is 0 Å². The molecule has 1 aromatic carbocycles. The van der Waals surface area contributed by atoms with Crippen molar-refractivity contribution < 1.29 is 9.59 Å². The third-order valence-corrected chi connectivity index (χ3v) is 4.42. The maximum atomic E-state index is 12.5. The van der Waals surface area contributed by atoms with Gasteiger partial charge in [0.25, 0.3) is 0 Å². The molecule has 23 heavy (non-hydrogen) atoms. The minimum atomic E-state index is -1.29. The highest BCUT2D eigenvalue weighted by Gasteiger charge is 2.48. The van der Waals surface area contributed by atoms with Crippen LogP contribution in [0.15, 0.2) is 36.7 Å². The Morgan fingerprint density at radius 3 is 2.65 bits per heavy atom. The van der Waals surface area contributed by atoms with Crippen molar-refractivity contribution >= 4 is 23.2 Å². The van der Waals surface area contributed by atoms with Gasteiger partial charge in [0.05, 0.1) is 6.07 Å². The number of hydrogen-bond donors (Lipinski definition) is 0. The average Bonchev–Trinajstić information content (AvgIpc) is 3.22. The Balaban J connectivity index is 1.75. The van der Waals surface area contributed by atoms with Gasteiger partial charge < -0.3 is 4.57 Å². The zero-order valence-corrected chi connectivity index (χ0v) is 13.2. The third-order valence-electron chi connectivity index (χ3n) is 4.17. The predicted octanol–water partition coefficient (Wildman–Crippen LogP) is 2.77. The van der Waals surface area contributed by atoms with Gasteiger partial charge in [-0.15, -0.1) is 0 Å². The molecule has 1 heterocycles. The molecule has 0 radical (unpaired) electrons. The summed E-state index contributed by atoms with van der Waals surface area (Å²) in [6.07, 6.45) is 3.74. The minimum Gasteiger partial charge on any atom is -0.332 e. The number of aromatic nitrogens is 2. The highest BCUT2D eigenvalue weighted by atomic mass is 35.5. The lowest BCUT2D eigenvalue weighted by Gasteiger charge is -2.07. The van der Waals surface area contributed by atoms with Crippen LogP contribution in [0.25, 0.3) is 0 Å². The molecule has 0 N–H and O–H groups in total. The molecule has 1 fully saturated rings. The second-order valence-electron chi connectivity index (χ2n) is 5.69. The lowest BCUT2D eigenvalue weighted by molar-refractivity contribution is -0.121. The van der Waals surface area contributed by atoms with Crippen LogP contribution in [0.4, 0.5) is 0 Å². The van der Waals surface area contributed by atoms with Gasteiger partial charge >= 0.3 is 0 Å². The number of hydrogen-bond acceptors (Lipinski definition) is 4. The number of aryl methyl sites for hydroxylation is 1. The molecule has 1 aliphatic carbocycles. The molecule has 2 aromatic rings. The molecule has 1 aromatic heterocycles. The summed E-state index contributed by atoms with van der Waals surface area (Å²) in [5.41, 5.74) is 1.01. The molecule has 3 rings (SSSR count). The number of ketones is 2. The largest absolute Gasteiger partial charge is 0.332 e. The van der Waals surface area contributed by atoms with E-state index in [0.29, 0.717) is 11.4 Å². The van der Waals surface area contributed by atoms with E-state index in [-0.39, 0.29) is 23.4 Å². The number of benzene rings is 1. The lowest BCUT2D eigenvalue weighted by Crippen LogP contribution is -2.26. The average molecular weight is 328 g/mol. The molecular formula is C17H14ClN3O2. The number of carbonyl (C=O) groups excluding carboxylic acids is 2. The zero-order chi connectivity index (χ0) is 16.6. The number of rotatable bonds is 5. The normalized spacial score (nSPS) is 20.6. The molecule has 6 heteroatoms. The summed E-state index contributed by atoms with van der Waals surface area (Å²) < 4.78 is 1.52. The van der Waals surface area contributed by atoms with Crippen molar-refractivity contribution in [3.8, 4) is 6.07 Å². The second kappa shape index (κ2) is 5.98. The van der Waals surface area contributed by atoms with Crippen molar-refractivity contribution in [1.82, 2.24) is 9.55 Å². The van der Waals surface area contributed by atoms with E-state index in [1.165, 1.54) is 10.8 Å². The molecule has 5 nitrogen and oxygen atoms in total. The predicted molar refractivity (Wildman–Crippen MR) is 83.9 cm³/mol. The smallest absolute Gasteiger partial charge is 0.222 e. The van der Waals surface area contributed by atoms with E-state index in [2.05, 4.69) is 4.98 Å². The van der Waals surface area contributed by atoms with Gasteiger partial charge in [-0.05, 0) is 30.0 Å². The summed E-state index contributed by atoms with van der Waals surface area (Å²) >= 11 is 5.86. The maximum Gasteiger partial charge on any atom is 0.222 e. The molecular weight excluding hydrogens is 314 g/mol. The molecule has 0 spiro atoms. The zero-order valence-electron chi connectivity index (χ0n) is 12.4. The topological polar surface area (TPSA) is 75.8 Å². The molecule has 116 valence electrons. The van der Waals surface area contributed by atoms with Crippen LogP contribution in [0.3, 0.4) is 0 Å². The van der Waals surface area contributed by atoms with Crippen LogP contribution in [0.1, 0.15) is 28.5 Å². The molecule has 0 aliphatic heterocycles. The first kappa shape index (κ1) is 15.4. The molecule has 0 amide bonds. The van der Waals surface area contributed by atoms with Crippen LogP contribution in [-0.4, -0.2) is 21.1 Å². The third kappa shape index (κ3) is 2.90. The van der Waals surface area contributed by atoms with Crippen LogP contribution >= 0.6 is 11.6 Å². The number of halogens is 1. The van der Waals surface area contributed by atoms with Crippen LogP contribution in [0.5, 0.6) is 0 Å².